The van der Waals surface area contributed by atoms with Gasteiger partial charge in [0.05, 0.1) is 0 Å². The topological polar surface area (TPSA) is 66.5 Å². The number of hydrogen-bond donors (Lipinski definition) is 3. The molecule has 0 unspecified atom stereocenters. The van der Waals surface area contributed by atoms with Gasteiger partial charge in [0.15, 0.2) is 0 Å². The first kappa shape index (κ1) is 16.3. The normalized spacial score (nSPS) is 43.0. The Morgan fingerprint density at radius 1 is 1.00 bits per heavy atom. The minimum absolute atomic E-state index is 0.00980. The Labute approximate surface area is 145 Å². The summed E-state index contributed by atoms with van der Waals surface area (Å²) in [5.41, 5.74) is 9.16. The van der Waals surface area contributed by atoms with Crippen LogP contribution in [0, 0.1) is 22.7 Å². The van der Waals surface area contributed by atoms with E-state index in [0.29, 0.717) is 11.8 Å². The highest BCUT2D eigenvalue weighted by Crippen LogP contribution is 2.68. The van der Waals surface area contributed by atoms with E-state index in [2.05, 4.69) is 27.7 Å². The predicted molar refractivity (Wildman–Crippen MR) is 96.1 cm³/mol. The van der Waals surface area contributed by atoms with Crippen molar-refractivity contribution < 1.29 is 10.2 Å². The van der Waals surface area contributed by atoms with Crippen LogP contribution in [0.5, 0.6) is 11.5 Å². The third kappa shape index (κ3) is 1.82. The number of rotatable bonds is 0. The first-order valence-corrected chi connectivity index (χ1v) is 9.41. The molecule has 0 amide bonds. The molecule has 3 heteroatoms. The fraction of sp³-hybridized carbons (Fsp3) is 0.714. The van der Waals surface area contributed by atoms with Crippen LogP contribution in [0.15, 0.2) is 12.1 Å². The van der Waals surface area contributed by atoms with E-state index in [1.807, 2.05) is 6.07 Å². The first-order chi connectivity index (χ1) is 11.1. The molecule has 0 heterocycles. The Morgan fingerprint density at radius 2 is 1.71 bits per heavy atom. The third-order valence-corrected chi connectivity index (χ3v) is 8.34. The monoisotopic (exact) mass is 329 g/mol. The molecule has 3 aliphatic carbocycles. The van der Waals surface area contributed by atoms with Crippen LogP contribution >= 0.6 is 0 Å². The number of hydrogen-bond acceptors (Lipinski definition) is 3. The molecule has 5 atom stereocenters. The van der Waals surface area contributed by atoms with Crippen molar-refractivity contribution >= 4 is 0 Å². The average molecular weight is 329 g/mol. The van der Waals surface area contributed by atoms with Gasteiger partial charge in [0.25, 0.3) is 0 Å². The van der Waals surface area contributed by atoms with Crippen LogP contribution in [-0.4, -0.2) is 16.3 Å². The van der Waals surface area contributed by atoms with Crippen molar-refractivity contribution in [1.82, 2.24) is 0 Å². The number of benzene rings is 1. The summed E-state index contributed by atoms with van der Waals surface area (Å²) in [4.78, 5) is 0. The SMILES string of the molecule is CC1(C)[C@@H](N)CC[C@]2(C)[C@H]3Cc4cc(O)cc(O)c4[C@]3(C)CC[C@@H]12. The number of nitrogens with two attached hydrogens (primary N) is 1. The van der Waals surface area contributed by atoms with Gasteiger partial charge < -0.3 is 15.9 Å². The van der Waals surface area contributed by atoms with Crippen LogP contribution < -0.4 is 5.73 Å². The van der Waals surface area contributed by atoms with Crippen LogP contribution in [0.25, 0.3) is 0 Å². The Balaban J connectivity index is 1.83. The summed E-state index contributed by atoms with van der Waals surface area (Å²) in [6.45, 7) is 9.51. The van der Waals surface area contributed by atoms with Crippen molar-refractivity contribution in [3.63, 3.8) is 0 Å². The van der Waals surface area contributed by atoms with E-state index in [4.69, 9.17) is 5.73 Å². The lowest BCUT2D eigenvalue weighted by Gasteiger charge is -2.62. The molecule has 1 aromatic carbocycles. The minimum Gasteiger partial charge on any atom is -0.508 e. The summed E-state index contributed by atoms with van der Waals surface area (Å²) in [7, 11) is 0. The zero-order chi connectivity index (χ0) is 17.5. The van der Waals surface area contributed by atoms with Gasteiger partial charge >= 0.3 is 0 Å². The molecule has 3 nitrogen and oxygen atoms in total. The smallest absolute Gasteiger partial charge is 0.123 e. The highest BCUT2D eigenvalue weighted by atomic mass is 16.3. The molecule has 3 aliphatic rings. The Kier molecular flexibility index (Phi) is 3.18. The largest absolute Gasteiger partial charge is 0.508 e. The van der Waals surface area contributed by atoms with Gasteiger partial charge in [-0.3, -0.25) is 0 Å². The fourth-order valence-corrected chi connectivity index (χ4v) is 7.05. The highest BCUT2D eigenvalue weighted by molar-refractivity contribution is 5.54. The molecule has 24 heavy (non-hydrogen) atoms. The fourth-order valence-electron chi connectivity index (χ4n) is 7.05. The van der Waals surface area contributed by atoms with Gasteiger partial charge in [-0.2, -0.15) is 0 Å². The number of fused-ring (bicyclic) bond motifs is 5. The van der Waals surface area contributed by atoms with E-state index in [-0.39, 0.29) is 33.8 Å². The van der Waals surface area contributed by atoms with Gasteiger partial charge in [-0.05, 0) is 66.4 Å². The summed E-state index contributed by atoms with van der Waals surface area (Å²) >= 11 is 0. The molecule has 0 saturated heterocycles. The minimum atomic E-state index is 0.00980. The molecule has 0 aromatic heterocycles. The van der Waals surface area contributed by atoms with Crippen LogP contribution in [0.1, 0.15) is 64.5 Å². The van der Waals surface area contributed by atoms with Crippen LogP contribution in [0.4, 0.5) is 0 Å². The molecule has 0 bridgehead atoms. The van der Waals surface area contributed by atoms with E-state index >= 15 is 0 Å². The molecular weight excluding hydrogens is 298 g/mol. The standard InChI is InChI=1S/C21H31NO2/c1-19(2)15-5-7-21(4)16(20(15,3)8-6-17(19)22)10-12-9-13(23)11-14(24)18(12)21/h9,11,15-17,23-24H,5-8,10,22H2,1-4H3/t15-,16+,17-,20-,21+/m0/s1. The second kappa shape index (κ2) is 4.69. The zero-order valence-corrected chi connectivity index (χ0v) is 15.4. The Bertz CT molecular complexity index is 697. The van der Waals surface area contributed by atoms with Crippen molar-refractivity contribution in [2.75, 3.05) is 0 Å². The Morgan fingerprint density at radius 3 is 2.42 bits per heavy atom. The second-order valence-electron chi connectivity index (χ2n) is 9.74. The van der Waals surface area contributed by atoms with Crippen LogP contribution in [-0.2, 0) is 11.8 Å². The lowest BCUT2D eigenvalue weighted by molar-refractivity contribution is -0.107. The van der Waals surface area contributed by atoms with Crippen molar-refractivity contribution in [1.29, 1.82) is 0 Å². The first-order valence-electron chi connectivity index (χ1n) is 9.41. The predicted octanol–water partition coefficient (Wildman–Crippen LogP) is 4.09. The van der Waals surface area contributed by atoms with Gasteiger partial charge in [-0.25, -0.2) is 0 Å². The van der Waals surface area contributed by atoms with Gasteiger partial charge in [-0.15, -0.1) is 0 Å². The molecule has 1 aromatic rings. The summed E-state index contributed by atoms with van der Waals surface area (Å²) in [5, 5.41) is 20.5. The Hall–Kier alpha value is -1.22. The van der Waals surface area contributed by atoms with Crippen LogP contribution in [0.2, 0.25) is 0 Å². The lowest BCUT2D eigenvalue weighted by atomic mass is 9.43. The molecule has 4 N–H and O–H groups in total. The molecule has 132 valence electrons. The maximum atomic E-state index is 10.6. The molecule has 2 saturated carbocycles. The van der Waals surface area contributed by atoms with E-state index in [1.165, 1.54) is 18.9 Å². The zero-order valence-electron chi connectivity index (χ0n) is 15.4. The number of phenolic OH excluding ortho intramolecular Hbond substituents is 2. The van der Waals surface area contributed by atoms with Crippen molar-refractivity contribution in [2.24, 2.45) is 28.4 Å². The highest BCUT2D eigenvalue weighted by Gasteiger charge is 2.62. The molecule has 0 spiro atoms. The number of aromatic hydroxyl groups is 2. The molecule has 4 rings (SSSR count). The molecular formula is C21H31NO2. The third-order valence-electron chi connectivity index (χ3n) is 8.34. The van der Waals surface area contributed by atoms with E-state index in [1.54, 1.807) is 0 Å². The van der Waals surface area contributed by atoms with Crippen molar-refractivity contribution in [2.45, 2.75) is 71.3 Å². The quantitative estimate of drug-likeness (QED) is 0.671. The molecule has 0 radical (unpaired) electrons. The van der Waals surface area contributed by atoms with Crippen molar-refractivity contribution in [3.8, 4) is 11.5 Å². The van der Waals surface area contributed by atoms with Crippen molar-refractivity contribution in [3.05, 3.63) is 23.3 Å². The summed E-state index contributed by atoms with van der Waals surface area (Å²) in [6, 6.07) is 3.67. The van der Waals surface area contributed by atoms with Crippen LogP contribution in [0.3, 0.4) is 0 Å². The lowest BCUT2D eigenvalue weighted by Crippen LogP contribution is -2.60. The summed E-state index contributed by atoms with van der Waals surface area (Å²) in [6.07, 6.45) is 5.49. The van der Waals surface area contributed by atoms with Gasteiger partial charge in [0, 0.05) is 23.1 Å². The maximum Gasteiger partial charge on any atom is 0.123 e. The van der Waals surface area contributed by atoms with E-state index in [9.17, 15) is 10.2 Å². The average Bonchev–Trinajstić information content (AvgIpc) is 2.77. The van der Waals surface area contributed by atoms with Gasteiger partial charge in [0.1, 0.15) is 11.5 Å². The van der Waals surface area contributed by atoms with E-state index < -0.39 is 0 Å². The number of phenols is 2. The van der Waals surface area contributed by atoms with Gasteiger partial charge in [0.2, 0.25) is 0 Å². The summed E-state index contributed by atoms with van der Waals surface area (Å²) in [5.74, 6) is 1.60. The second-order valence-corrected chi connectivity index (χ2v) is 9.74. The summed E-state index contributed by atoms with van der Waals surface area (Å²) < 4.78 is 0. The maximum absolute atomic E-state index is 10.6. The molecule has 0 aliphatic heterocycles. The molecule has 2 fully saturated rings. The van der Waals surface area contributed by atoms with Gasteiger partial charge in [-0.1, -0.05) is 27.7 Å². The van der Waals surface area contributed by atoms with E-state index in [0.717, 1.165) is 30.4 Å².